The summed E-state index contributed by atoms with van der Waals surface area (Å²) in [6, 6.07) is 12.9. The smallest absolute Gasteiger partial charge is 0.251 e. The number of rotatable bonds is 5. The van der Waals surface area contributed by atoms with Gasteiger partial charge in [-0.25, -0.2) is 0 Å². The number of carbonyl (C=O) groups is 2. The molecule has 5 heteroatoms. The van der Waals surface area contributed by atoms with Crippen molar-refractivity contribution in [2.24, 2.45) is 0 Å². The highest BCUT2D eigenvalue weighted by atomic mass is 16.2. The summed E-state index contributed by atoms with van der Waals surface area (Å²) in [6.45, 7) is 2.02. The molecule has 1 aliphatic rings. The second-order valence-electron chi connectivity index (χ2n) is 6.29. The van der Waals surface area contributed by atoms with Gasteiger partial charge in [-0.15, -0.1) is 0 Å². The monoisotopic (exact) mass is 323 g/mol. The minimum Gasteiger partial charge on any atom is -0.351 e. The Kier molecular flexibility index (Phi) is 4.60. The van der Waals surface area contributed by atoms with Crippen LogP contribution in [-0.4, -0.2) is 23.3 Å². The van der Waals surface area contributed by atoms with Crippen LogP contribution in [0.25, 0.3) is 0 Å². The maximum Gasteiger partial charge on any atom is 0.251 e. The number of anilines is 1. The Balaban J connectivity index is 1.68. The molecule has 2 aromatic rings. The number of nitrogens with zero attached hydrogens (tertiary/aromatic N) is 1. The third-order valence-electron chi connectivity index (χ3n) is 4.55. The van der Waals surface area contributed by atoms with Gasteiger partial charge in [-0.3, -0.25) is 14.6 Å². The molecule has 0 aliphatic heterocycles. The molecule has 2 amide bonds. The molecular formula is C19H21N3O2. The largest absolute Gasteiger partial charge is 0.351 e. The lowest BCUT2D eigenvalue weighted by molar-refractivity contribution is -0.114. The lowest BCUT2D eigenvalue weighted by Gasteiger charge is -2.41. The summed E-state index contributed by atoms with van der Waals surface area (Å²) in [4.78, 5) is 28.1. The average Bonchev–Trinajstić information content (AvgIpc) is 2.54. The first-order valence-electron chi connectivity index (χ1n) is 8.16. The van der Waals surface area contributed by atoms with Gasteiger partial charge in [0, 0.05) is 42.0 Å². The van der Waals surface area contributed by atoms with Crippen LogP contribution in [0.4, 0.5) is 5.69 Å². The Bertz CT molecular complexity index is 739. The zero-order valence-electron chi connectivity index (χ0n) is 13.7. The number of amides is 2. The van der Waals surface area contributed by atoms with Crippen molar-refractivity contribution in [2.75, 3.05) is 11.9 Å². The Morgan fingerprint density at radius 1 is 1.17 bits per heavy atom. The van der Waals surface area contributed by atoms with E-state index >= 15 is 0 Å². The van der Waals surface area contributed by atoms with Crippen LogP contribution in [0, 0.1) is 0 Å². The molecule has 0 radical (unpaired) electrons. The number of hydrogen-bond acceptors (Lipinski definition) is 3. The second-order valence-corrected chi connectivity index (χ2v) is 6.29. The molecule has 24 heavy (non-hydrogen) atoms. The first-order valence-corrected chi connectivity index (χ1v) is 8.16. The van der Waals surface area contributed by atoms with E-state index in [2.05, 4.69) is 15.6 Å². The van der Waals surface area contributed by atoms with Crippen molar-refractivity contribution in [2.45, 2.75) is 31.6 Å². The van der Waals surface area contributed by atoms with E-state index in [4.69, 9.17) is 0 Å². The molecule has 1 aromatic carbocycles. The average molecular weight is 323 g/mol. The van der Waals surface area contributed by atoms with Crippen LogP contribution in [0.1, 0.15) is 42.2 Å². The van der Waals surface area contributed by atoms with Gasteiger partial charge in [0.25, 0.3) is 5.91 Å². The first-order chi connectivity index (χ1) is 11.6. The van der Waals surface area contributed by atoms with Crippen molar-refractivity contribution >= 4 is 17.5 Å². The van der Waals surface area contributed by atoms with Crippen LogP contribution < -0.4 is 10.6 Å². The second kappa shape index (κ2) is 6.83. The van der Waals surface area contributed by atoms with E-state index < -0.39 is 0 Å². The minimum absolute atomic E-state index is 0.0494. The van der Waals surface area contributed by atoms with Gasteiger partial charge in [0.1, 0.15) is 0 Å². The molecule has 0 atom stereocenters. The Hall–Kier alpha value is -2.69. The predicted molar refractivity (Wildman–Crippen MR) is 92.8 cm³/mol. The van der Waals surface area contributed by atoms with Gasteiger partial charge in [-0.1, -0.05) is 18.6 Å². The molecule has 2 N–H and O–H groups in total. The van der Waals surface area contributed by atoms with E-state index in [1.807, 2.05) is 18.2 Å². The minimum atomic E-state index is -0.156. The quantitative estimate of drug-likeness (QED) is 0.889. The van der Waals surface area contributed by atoms with Crippen molar-refractivity contribution in [1.29, 1.82) is 0 Å². The van der Waals surface area contributed by atoms with Crippen LogP contribution in [0.5, 0.6) is 0 Å². The summed E-state index contributed by atoms with van der Waals surface area (Å²) in [5, 5.41) is 5.72. The summed E-state index contributed by atoms with van der Waals surface area (Å²) in [5.41, 5.74) is 2.16. The molecule has 0 unspecified atom stereocenters. The van der Waals surface area contributed by atoms with Gasteiger partial charge < -0.3 is 10.6 Å². The fourth-order valence-electron chi connectivity index (χ4n) is 3.10. The Morgan fingerprint density at radius 2 is 2.00 bits per heavy atom. The number of benzene rings is 1. The summed E-state index contributed by atoms with van der Waals surface area (Å²) < 4.78 is 0. The fourth-order valence-corrected chi connectivity index (χ4v) is 3.10. The molecule has 0 bridgehead atoms. The number of pyridine rings is 1. The van der Waals surface area contributed by atoms with Gasteiger partial charge in [0.2, 0.25) is 5.91 Å². The topological polar surface area (TPSA) is 71.1 Å². The van der Waals surface area contributed by atoms with Crippen LogP contribution in [-0.2, 0) is 10.2 Å². The molecule has 5 nitrogen and oxygen atoms in total. The summed E-state index contributed by atoms with van der Waals surface area (Å²) in [7, 11) is 0. The van der Waals surface area contributed by atoms with E-state index in [-0.39, 0.29) is 17.2 Å². The molecule has 1 aromatic heterocycles. The van der Waals surface area contributed by atoms with Crippen molar-refractivity contribution in [3.63, 3.8) is 0 Å². The summed E-state index contributed by atoms with van der Waals surface area (Å²) in [6.07, 6.45) is 5.03. The highest BCUT2D eigenvalue weighted by molar-refractivity contribution is 5.96. The molecule has 3 rings (SSSR count). The number of carbonyl (C=O) groups excluding carboxylic acids is 2. The predicted octanol–water partition coefficient (Wildman–Crippen LogP) is 2.89. The standard InChI is InChI=1S/C19H21N3O2/c1-14(23)22-16-7-4-6-15(12-16)18(24)21-13-19(9-5-10-19)17-8-2-3-11-20-17/h2-4,6-8,11-12H,5,9-10,13H2,1H3,(H,21,24)(H,22,23). The lowest BCUT2D eigenvalue weighted by atomic mass is 9.66. The van der Waals surface area contributed by atoms with Crippen molar-refractivity contribution in [3.05, 3.63) is 59.9 Å². The molecule has 124 valence electrons. The molecule has 1 saturated carbocycles. The summed E-state index contributed by atoms with van der Waals surface area (Å²) >= 11 is 0. The van der Waals surface area contributed by atoms with E-state index in [9.17, 15) is 9.59 Å². The van der Waals surface area contributed by atoms with Crippen LogP contribution >= 0.6 is 0 Å². The van der Waals surface area contributed by atoms with E-state index in [1.165, 1.54) is 6.92 Å². The Labute approximate surface area is 141 Å². The van der Waals surface area contributed by atoms with Gasteiger partial charge in [0.15, 0.2) is 0 Å². The van der Waals surface area contributed by atoms with Gasteiger partial charge in [-0.05, 0) is 43.2 Å². The maximum absolute atomic E-state index is 12.5. The van der Waals surface area contributed by atoms with Crippen LogP contribution in [0.2, 0.25) is 0 Å². The molecule has 0 spiro atoms. The van der Waals surface area contributed by atoms with Crippen molar-refractivity contribution < 1.29 is 9.59 Å². The first kappa shape index (κ1) is 16.2. The molecule has 0 saturated heterocycles. The zero-order chi connectivity index (χ0) is 17.0. The maximum atomic E-state index is 12.5. The SMILES string of the molecule is CC(=O)Nc1cccc(C(=O)NCC2(c3ccccn3)CCC2)c1. The Morgan fingerprint density at radius 3 is 2.62 bits per heavy atom. The lowest BCUT2D eigenvalue weighted by Crippen LogP contribution is -2.46. The van der Waals surface area contributed by atoms with Crippen molar-refractivity contribution in [3.8, 4) is 0 Å². The number of hydrogen-bond donors (Lipinski definition) is 2. The van der Waals surface area contributed by atoms with Crippen molar-refractivity contribution in [1.82, 2.24) is 10.3 Å². The van der Waals surface area contributed by atoms with Gasteiger partial charge in [-0.2, -0.15) is 0 Å². The van der Waals surface area contributed by atoms with Gasteiger partial charge >= 0.3 is 0 Å². The fraction of sp³-hybridized carbons (Fsp3) is 0.316. The molecule has 1 aliphatic carbocycles. The van der Waals surface area contributed by atoms with Crippen LogP contribution in [0.15, 0.2) is 48.7 Å². The molecular weight excluding hydrogens is 302 g/mol. The molecule has 1 heterocycles. The van der Waals surface area contributed by atoms with E-state index in [0.29, 0.717) is 17.8 Å². The van der Waals surface area contributed by atoms with E-state index in [0.717, 1.165) is 25.0 Å². The van der Waals surface area contributed by atoms with Gasteiger partial charge in [0.05, 0.1) is 0 Å². The third-order valence-corrected chi connectivity index (χ3v) is 4.55. The highest BCUT2D eigenvalue weighted by Crippen LogP contribution is 2.42. The highest BCUT2D eigenvalue weighted by Gasteiger charge is 2.40. The van der Waals surface area contributed by atoms with Crippen LogP contribution in [0.3, 0.4) is 0 Å². The zero-order valence-corrected chi connectivity index (χ0v) is 13.7. The summed E-state index contributed by atoms with van der Waals surface area (Å²) in [5.74, 6) is -0.291. The number of nitrogens with one attached hydrogen (secondary N) is 2. The normalized spacial score (nSPS) is 15.2. The number of aromatic nitrogens is 1. The third kappa shape index (κ3) is 3.45. The van der Waals surface area contributed by atoms with E-state index in [1.54, 1.807) is 30.5 Å². The molecule has 1 fully saturated rings.